The molecule has 1 aromatic heterocycles. The van der Waals surface area contributed by atoms with Crippen LogP contribution in [0.5, 0.6) is 0 Å². The molecular weight excluding hydrogens is 372 g/mol. The van der Waals surface area contributed by atoms with E-state index >= 15 is 0 Å². The number of amides is 2. The maximum atomic E-state index is 12.8. The normalized spacial score (nSPS) is 16.9. The van der Waals surface area contributed by atoms with Gasteiger partial charge in [0.05, 0.1) is 11.4 Å². The monoisotopic (exact) mass is 398 g/mol. The Bertz CT molecular complexity index is 929. The summed E-state index contributed by atoms with van der Waals surface area (Å²) in [6.45, 7) is 7.58. The highest BCUT2D eigenvalue weighted by Crippen LogP contribution is 2.36. The number of carbonyl (C=O) groups is 2. The molecule has 0 bridgehead atoms. The van der Waals surface area contributed by atoms with Crippen molar-refractivity contribution in [1.29, 1.82) is 0 Å². The van der Waals surface area contributed by atoms with E-state index in [1.54, 1.807) is 21.3 Å². The van der Waals surface area contributed by atoms with Crippen LogP contribution in [0.1, 0.15) is 42.1 Å². The first-order valence-electron chi connectivity index (χ1n) is 9.80. The van der Waals surface area contributed by atoms with Gasteiger partial charge in [-0.1, -0.05) is 24.6 Å². The van der Waals surface area contributed by atoms with Gasteiger partial charge in [-0.2, -0.15) is 16.9 Å². The van der Waals surface area contributed by atoms with Crippen LogP contribution in [0, 0.1) is 19.8 Å². The summed E-state index contributed by atoms with van der Waals surface area (Å²) in [7, 11) is 0. The van der Waals surface area contributed by atoms with Crippen LogP contribution in [0.4, 0.5) is 5.82 Å². The Hall–Kier alpha value is -2.28. The van der Waals surface area contributed by atoms with Crippen molar-refractivity contribution in [2.75, 3.05) is 18.4 Å². The lowest BCUT2D eigenvalue weighted by molar-refractivity contribution is -0.144. The molecule has 7 heteroatoms. The minimum Gasteiger partial charge on any atom is -0.334 e. The zero-order valence-electron chi connectivity index (χ0n) is 16.6. The summed E-state index contributed by atoms with van der Waals surface area (Å²) in [5.74, 6) is 1.85. The molecule has 0 radical (unpaired) electrons. The van der Waals surface area contributed by atoms with E-state index in [4.69, 9.17) is 5.10 Å². The maximum absolute atomic E-state index is 12.8. The third-order valence-electron chi connectivity index (χ3n) is 5.63. The number of likely N-dealkylation sites (tertiary alicyclic amines) is 1. The van der Waals surface area contributed by atoms with Crippen LogP contribution in [-0.2, 0) is 21.1 Å². The van der Waals surface area contributed by atoms with Gasteiger partial charge in [-0.3, -0.25) is 9.59 Å². The number of nitrogens with one attached hydrogen (secondary N) is 1. The fourth-order valence-electron chi connectivity index (χ4n) is 3.88. The smallest absolute Gasteiger partial charge is 0.315 e. The fourth-order valence-corrected chi connectivity index (χ4v) is 4.91. The molecule has 2 amide bonds. The molecule has 2 aromatic rings. The van der Waals surface area contributed by atoms with Gasteiger partial charge in [-0.05, 0) is 44.2 Å². The van der Waals surface area contributed by atoms with Crippen LogP contribution in [0.3, 0.4) is 0 Å². The molecule has 1 aromatic carbocycles. The summed E-state index contributed by atoms with van der Waals surface area (Å²) in [5, 5.41) is 7.64. The maximum Gasteiger partial charge on any atom is 0.315 e. The molecule has 4 rings (SSSR count). The van der Waals surface area contributed by atoms with Crippen LogP contribution >= 0.6 is 11.8 Å². The van der Waals surface area contributed by atoms with Crippen molar-refractivity contribution in [3.63, 3.8) is 0 Å². The zero-order chi connectivity index (χ0) is 19.8. The van der Waals surface area contributed by atoms with Crippen molar-refractivity contribution in [3.05, 3.63) is 40.6 Å². The molecule has 1 fully saturated rings. The van der Waals surface area contributed by atoms with E-state index in [-0.39, 0.29) is 0 Å². The fraction of sp³-hybridized carbons (Fsp3) is 0.476. The van der Waals surface area contributed by atoms with E-state index in [1.807, 2.05) is 19.1 Å². The summed E-state index contributed by atoms with van der Waals surface area (Å²) in [6.07, 6.45) is 1.90. The van der Waals surface area contributed by atoms with Crippen molar-refractivity contribution in [2.45, 2.75) is 45.1 Å². The van der Waals surface area contributed by atoms with Gasteiger partial charge in [0.2, 0.25) is 0 Å². The molecule has 1 N–H and O–H groups in total. The van der Waals surface area contributed by atoms with E-state index in [0.717, 1.165) is 46.9 Å². The van der Waals surface area contributed by atoms with Crippen molar-refractivity contribution in [1.82, 2.24) is 14.7 Å². The first kappa shape index (κ1) is 19.1. The minimum absolute atomic E-state index is 0.445. The van der Waals surface area contributed by atoms with Crippen molar-refractivity contribution < 1.29 is 9.59 Å². The summed E-state index contributed by atoms with van der Waals surface area (Å²) in [6, 6.07) is 6.15. The Morgan fingerprint density at radius 1 is 1.18 bits per heavy atom. The van der Waals surface area contributed by atoms with Gasteiger partial charge in [0.1, 0.15) is 5.82 Å². The molecule has 28 heavy (non-hydrogen) atoms. The van der Waals surface area contributed by atoms with Gasteiger partial charge in [-0.15, -0.1) is 0 Å². The Morgan fingerprint density at radius 3 is 2.64 bits per heavy atom. The third-order valence-corrected chi connectivity index (χ3v) is 6.60. The number of piperidine rings is 1. The number of carbonyl (C=O) groups excluding carboxylic acids is 2. The number of anilines is 1. The number of benzene rings is 1. The summed E-state index contributed by atoms with van der Waals surface area (Å²) >= 11 is 1.78. The van der Waals surface area contributed by atoms with Crippen LogP contribution in [-0.4, -0.2) is 39.6 Å². The number of nitrogens with zero attached hydrogens (tertiary/aromatic N) is 3. The van der Waals surface area contributed by atoms with E-state index in [2.05, 4.69) is 25.2 Å². The van der Waals surface area contributed by atoms with Crippen LogP contribution in [0.25, 0.3) is 5.69 Å². The van der Waals surface area contributed by atoms with Gasteiger partial charge in [0.15, 0.2) is 0 Å². The van der Waals surface area contributed by atoms with Crippen molar-refractivity contribution in [2.24, 2.45) is 5.92 Å². The molecule has 0 saturated carbocycles. The highest BCUT2D eigenvalue weighted by Gasteiger charge is 2.30. The molecule has 0 atom stereocenters. The lowest BCUT2D eigenvalue weighted by Crippen LogP contribution is -2.44. The Kier molecular flexibility index (Phi) is 5.19. The van der Waals surface area contributed by atoms with Crippen molar-refractivity contribution >= 4 is 29.4 Å². The van der Waals surface area contributed by atoms with Crippen molar-refractivity contribution in [3.8, 4) is 5.69 Å². The highest BCUT2D eigenvalue weighted by atomic mass is 32.2. The standard InChI is InChI=1S/C21H26N4O2S/c1-13-6-8-24(9-7-13)21(27)20(26)22-19-16-11-28-12-17(16)23-25(19)18-5-4-14(2)10-15(18)3/h4-5,10,13H,6-9,11-12H2,1-3H3,(H,22,26). The molecular formula is C21H26N4O2S. The number of hydrogen-bond donors (Lipinski definition) is 1. The lowest BCUT2D eigenvalue weighted by Gasteiger charge is -2.29. The second-order valence-electron chi connectivity index (χ2n) is 7.90. The predicted molar refractivity (Wildman–Crippen MR) is 112 cm³/mol. The SMILES string of the molecule is Cc1ccc(-n2nc3c(c2NC(=O)C(=O)N2CCC(C)CC2)CSC3)c(C)c1. The predicted octanol–water partition coefficient (Wildman–Crippen LogP) is 3.43. The molecule has 2 aliphatic heterocycles. The number of aryl methyl sites for hydroxylation is 2. The average Bonchev–Trinajstić information content (AvgIpc) is 3.24. The van der Waals surface area contributed by atoms with Gasteiger partial charge >= 0.3 is 11.8 Å². The van der Waals surface area contributed by atoms with Gasteiger partial charge in [-0.25, -0.2) is 4.68 Å². The molecule has 148 valence electrons. The van der Waals surface area contributed by atoms with Gasteiger partial charge < -0.3 is 10.2 Å². The number of thioether (sulfide) groups is 1. The van der Waals surface area contributed by atoms with E-state index in [9.17, 15) is 9.59 Å². The Labute approximate surface area is 169 Å². The van der Waals surface area contributed by atoms with Gasteiger partial charge in [0, 0.05) is 30.2 Å². The Balaban J connectivity index is 1.62. The number of rotatable bonds is 2. The summed E-state index contributed by atoms with van der Waals surface area (Å²) in [5.41, 5.74) is 5.20. The van der Waals surface area contributed by atoms with E-state index < -0.39 is 11.8 Å². The third kappa shape index (κ3) is 3.55. The number of aromatic nitrogens is 2. The minimum atomic E-state index is -0.569. The largest absolute Gasteiger partial charge is 0.334 e. The van der Waals surface area contributed by atoms with E-state index in [0.29, 0.717) is 24.8 Å². The molecule has 6 nitrogen and oxygen atoms in total. The second kappa shape index (κ2) is 7.62. The number of fused-ring (bicyclic) bond motifs is 1. The quantitative estimate of drug-likeness (QED) is 0.787. The van der Waals surface area contributed by atoms with Crippen LogP contribution in [0.2, 0.25) is 0 Å². The first-order chi connectivity index (χ1) is 13.4. The molecule has 0 aliphatic carbocycles. The van der Waals surface area contributed by atoms with Crippen LogP contribution in [0.15, 0.2) is 18.2 Å². The van der Waals surface area contributed by atoms with Gasteiger partial charge in [0.25, 0.3) is 0 Å². The summed E-state index contributed by atoms with van der Waals surface area (Å²) in [4.78, 5) is 27.1. The Morgan fingerprint density at radius 2 is 1.93 bits per heavy atom. The molecule has 2 aliphatic rings. The van der Waals surface area contributed by atoms with Crippen LogP contribution < -0.4 is 5.32 Å². The number of hydrogen-bond acceptors (Lipinski definition) is 4. The van der Waals surface area contributed by atoms with E-state index in [1.165, 1.54) is 5.56 Å². The lowest BCUT2D eigenvalue weighted by atomic mass is 9.99. The summed E-state index contributed by atoms with van der Waals surface area (Å²) < 4.78 is 1.79. The molecule has 0 spiro atoms. The topological polar surface area (TPSA) is 67.2 Å². The average molecular weight is 399 g/mol. The first-order valence-corrected chi connectivity index (χ1v) is 11.0. The zero-order valence-corrected chi connectivity index (χ0v) is 17.4. The molecule has 3 heterocycles. The molecule has 0 unspecified atom stereocenters. The second-order valence-corrected chi connectivity index (χ2v) is 8.88. The molecule has 1 saturated heterocycles. The highest BCUT2D eigenvalue weighted by molar-refractivity contribution is 7.98.